The van der Waals surface area contributed by atoms with Crippen LogP contribution in [0.3, 0.4) is 0 Å². The van der Waals surface area contributed by atoms with Crippen molar-refractivity contribution in [1.82, 2.24) is 14.8 Å². The predicted octanol–water partition coefficient (Wildman–Crippen LogP) is 3.66. The summed E-state index contributed by atoms with van der Waals surface area (Å²) < 4.78 is 6.78. The average Bonchev–Trinajstić information content (AvgIpc) is 3.29. The number of thioether (sulfide) groups is 1. The van der Waals surface area contributed by atoms with Crippen LogP contribution in [0.5, 0.6) is 0 Å². The number of thiophene rings is 1. The highest BCUT2D eigenvalue weighted by Crippen LogP contribution is 2.21. The monoisotopic (exact) mass is 359 g/mol. The van der Waals surface area contributed by atoms with Gasteiger partial charge in [-0.15, -0.1) is 21.5 Å². The summed E-state index contributed by atoms with van der Waals surface area (Å²) in [5.74, 6) is 0.460. The zero-order valence-corrected chi connectivity index (χ0v) is 14.8. The molecule has 0 spiro atoms. The first-order chi connectivity index (χ1) is 11.8. The van der Waals surface area contributed by atoms with Crippen molar-refractivity contribution in [3.8, 4) is 0 Å². The highest BCUT2D eigenvalue weighted by atomic mass is 32.2. The normalized spacial score (nSPS) is 10.7. The van der Waals surface area contributed by atoms with Gasteiger partial charge in [-0.3, -0.25) is 0 Å². The topological polar surface area (TPSA) is 57.0 Å². The summed E-state index contributed by atoms with van der Waals surface area (Å²) >= 11 is 3.41. The largest absolute Gasteiger partial charge is 0.465 e. The van der Waals surface area contributed by atoms with E-state index in [2.05, 4.69) is 32.3 Å². The summed E-state index contributed by atoms with van der Waals surface area (Å²) in [6, 6.07) is 11.6. The second kappa shape index (κ2) is 8.12. The number of carbonyl (C=O) groups is 1. The lowest BCUT2D eigenvalue weighted by Gasteiger charge is -2.06. The SMILES string of the molecule is COC(=O)c1ccc(CSc2nncn2CCc2cccs2)cc1. The molecule has 0 aliphatic rings. The Bertz CT molecular complexity index is 783. The van der Waals surface area contributed by atoms with Crippen LogP contribution in [0, 0.1) is 0 Å². The standard InChI is InChI=1S/C17H17N3O2S2/c1-22-16(21)14-6-4-13(5-7-14)11-24-17-19-18-12-20(17)9-8-15-3-2-10-23-15/h2-7,10,12H,8-9,11H2,1H3. The fraction of sp³-hybridized carbons (Fsp3) is 0.235. The third-order valence-corrected chi connectivity index (χ3v) is 5.49. The van der Waals surface area contributed by atoms with Gasteiger partial charge in [0.25, 0.3) is 0 Å². The minimum Gasteiger partial charge on any atom is -0.465 e. The fourth-order valence-electron chi connectivity index (χ4n) is 2.20. The second-order valence-electron chi connectivity index (χ2n) is 5.11. The number of aryl methyl sites for hydroxylation is 2. The third kappa shape index (κ3) is 4.24. The predicted molar refractivity (Wildman–Crippen MR) is 95.4 cm³/mol. The van der Waals surface area contributed by atoms with E-state index in [0.29, 0.717) is 5.56 Å². The molecule has 3 aromatic rings. The highest BCUT2D eigenvalue weighted by molar-refractivity contribution is 7.98. The van der Waals surface area contributed by atoms with E-state index in [1.54, 1.807) is 41.6 Å². The van der Waals surface area contributed by atoms with E-state index in [-0.39, 0.29) is 5.97 Å². The van der Waals surface area contributed by atoms with E-state index in [4.69, 9.17) is 4.74 Å². The van der Waals surface area contributed by atoms with Gasteiger partial charge in [0, 0.05) is 17.2 Å². The van der Waals surface area contributed by atoms with E-state index >= 15 is 0 Å². The van der Waals surface area contributed by atoms with E-state index in [1.165, 1.54) is 12.0 Å². The van der Waals surface area contributed by atoms with E-state index in [1.807, 2.05) is 12.1 Å². The van der Waals surface area contributed by atoms with Gasteiger partial charge in [0.1, 0.15) is 6.33 Å². The van der Waals surface area contributed by atoms with Gasteiger partial charge in [0.05, 0.1) is 12.7 Å². The highest BCUT2D eigenvalue weighted by Gasteiger charge is 2.08. The Balaban J connectivity index is 1.57. The number of methoxy groups -OCH3 is 1. The number of nitrogens with zero attached hydrogens (tertiary/aromatic N) is 3. The van der Waals surface area contributed by atoms with Crippen molar-refractivity contribution in [3.63, 3.8) is 0 Å². The molecule has 124 valence electrons. The zero-order valence-electron chi connectivity index (χ0n) is 13.2. The molecule has 0 atom stereocenters. The van der Waals surface area contributed by atoms with E-state index < -0.39 is 0 Å². The molecule has 0 amide bonds. The summed E-state index contributed by atoms with van der Waals surface area (Å²) in [6.07, 6.45) is 2.76. The van der Waals surface area contributed by atoms with Crippen LogP contribution in [-0.2, 0) is 23.5 Å². The van der Waals surface area contributed by atoms with Crippen LogP contribution in [0.1, 0.15) is 20.8 Å². The molecule has 2 heterocycles. The molecule has 3 rings (SSSR count). The molecule has 2 aromatic heterocycles. The quantitative estimate of drug-likeness (QED) is 0.476. The van der Waals surface area contributed by atoms with Crippen LogP contribution >= 0.6 is 23.1 Å². The van der Waals surface area contributed by atoms with Gasteiger partial charge in [-0.1, -0.05) is 30.0 Å². The number of carbonyl (C=O) groups excluding carboxylic acids is 1. The number of esters is 1. The molecule has 0 fully saturated rings. The van der Waals surface area contributed by atoms with Gasteiger partial charge < -0.3 is 9.30 Å². The molecule has 0 saturated carbocycles. The van der Waals surface area contributed by atoms with Crippen molar-refractivity contribution in [2.24, 2.45) is 0 Å². The number of hydrogen-bond donors (Lipinski definition) is 0. The maximum atomic E-state index is 11.4. The maximum absolute atomic E-state index is 11.4. The Morgan fingerprint density at radius 1 is 1.29 bits per heavy atom. The minimum absolute atomic E-state index is 0.317. The molecule has 0 aliphatic heterocycles. The lowest BCUT2D eigenvalue weighted by atomic mass is 10.1. The molecule has 0 bridgehead atoms. The Hall–Kier alpha value is -2.12. The Morgan fingerprint density at radius 3 is 2.83 bits per heavy atom. The first-order valence-electron chi connectivity index (χ1n) is 7.46. The van der Waals surface area contributed by atoms with Gasteiger partial charge in [-0.05, 0) is 35.6 Å². The minimum atomic E-state index is -0.317. The van der Waals surface area contributed by atoms with Crippen LogP contribution in [0.2, 0.25) is 0 Å². The molecule has 0 radical (unpaired) electrons. The number of hydrogen-bond acceptors (Lipinski definition) is 6. The van der Waals surface area contributed by atoms with Gasteiger partial charge in [-0.25, -0.2) is 4.79 Å². The summed E-state index contributed by atoms with van der Waals surface area (Å²) in [6.45, 7) is 0.872. The number of ether oxygens (including phenoxy) is 1. The summed E-state index contributed by atoms with van der Waals surface area (Å²) in [5.41, 5.74) is 1.69. The average molecular weight is 359 g/mol. The number of benzene rings is 1. The summed E-state index contributed by atoms with van der Waals surface area (Å²) in [4.78, 5) is 12.8. The van der Waals surface area contributed by atoms with Gasteiger partial charge in [-0.2, -0.15) is 0 Å². The maximum Gasteiger partial charge on any atom is 0.337 e. The van der Waals surface area contributed by atoms with Crippen molar-refractivity contribution in [2.45, 2.75) is 23.9 Å². The van der Waals surface area contributed by atoms with Crippen LogP contribution < -0.4 is 0 Å². The van der Waals surface area contributed by atoms with Crippen LogP contribution in [0.15, 0.2) is 53.3 Å². The zero-order chi connectivity index (χ0) is 16.8. The summed E-state index contributed by atoms with van der Waals surface area (Å²) in [5, 5.41) is 11.2. The molecule has 0 N–H and O–H groups in total. The number of aromatic nitrogens is 3. The van der Waals surface area contributed by atoms with Gasteiger partial charge in [0.2, 0.25) is 0 Å². The van der Waals surface area contributed by atoms with Crippen molar-refractivity contribution in [1.29, 1.82) is 0 Å². The third-order valence-electron chi connectivity index (χ3n) is 3.50. The number of rotatable bonds is 7. The van der Waals surface area contributed by atoms with E-state index in [0.717, 1.165) is 29.4 Å². The van der Waals surface area contributed by atoms with Crippen molar-refractivity contribution in [2.75, 3.05) is 7.11 Å². The first-order valence-corrected chi connectivity index (χ1v) is 9.33. The van der Waals surface area contributed by atoms with Crippen molar-refractivity contribution < 1.29 is 9.53 Å². The van der Waals surface area contributed by atoms with Gasteiger partial charge in [0.15, 0.2) is 5.16 Å². The smallest absolute Gasteiger partial charge is 0.337 e. The van der Waals surface area contributed by atoms with Crippen molar-refractivity contribution >= 4 is 29.1 Å². The van der Waals surface area contributed by atoms with Crippen LogP contribution in [0.4, 0.5) is 0 Å². The molecule has 5 nitrogen and oxygen atoms in total. The molecule has 1 aromatic carbocycles. The summed E-state index contributed by atoms with van der Waals surface area (Å²) in [7, 11) is 1.38. The lowest BCUT2D eigenvalue weighted by Crippen LogP contribution is -2.02. The first kappa shape index (κ1) is 16.7. The Kier molecular flexibility index (Phi) is 5.66. The molecule has 0 aliphatic carbocycles. The molecule has 24 heavy (non-hydrogen) atoms. The van der Waals surface area contributed by atoms with Gasteiger partial charge >= 0.3 is 5.97 Å². The molecular formula is C17H17N3O2S2. The molecule has 0 saturated heterocycles. The molecule has 0 unspecified atom stereocenters. The molecule has 7 heteroatoms. The van der Waals surface area contributed by atoms with E-state index in [9.17, 15) is 4.79 Å². The van der Waals surface area contributed by atoms with Crippen LogP contribution in [0.25, 0.3) is 0 Å². The fourth-order valence-corrected chi connectivity index (χ4v) is 3.79. The van der Waals surface area contributed by atoms with Crippen molar-refractivity contribution in [3.05, 3.63) is 64.1 Å². The Labute approximate surface area is 148 Å². The second-order valence-corrected chi connectivity index (χ2v) is 7.09. The Morgan fingerprint density at radius 2 is 2.12 bits per heavy atom. The van der Waals surface area contributed by atoms with Crippen LogP contribution in [-0.4, -0.2) is 27.8 Å². The molecular weight excluding hydrogens is 342 g/mol. The lowest BCUT2D eigenvalue weighted by molar-refractivity contribution is 0.0600.